The van der Waals surface area contributed by atoms with E-state index in [1.807, 2.05) is 18.2 Å². The maximum atomic E-state index is 6.23. The predicted octanol–water partition coefficient (Wildman–Crippen LogP) is 4.31. The van der Waals surface area contributed by atoms with E-state index < -0.39 is 0 Å². The van der Waals surface area contributed by atoms with E-state index in [4.69, 9.17) is 11.5 Å². The van der Waals surface area contributed by atoms with Gasteiger partial charge in [0, 0.05) is 16.8 Å². The number of hydrogen-bond donors (Lipinski definition) is 2. The van der Waals surface area contributed by atoms with Crippen LogP contribution in [0.3, 0.4) is 0 Å². The van der Waals surface area contributed by atoms with E-state index in [1.54, 1.807) is 0 Å². The average molecular weight is 258 g/mol. The Hall–Kier alpha value is -2.74. The summed E-state index contributed by atoms with van der Waals surface area (Å²) >= 11 is 0. The summed E-state index contributed by atoms with van der Waals surface area (Å²) in [5.74, 6) is 0. The Morgan fingerprint density at radius 2 is 1.05 bits per heavy atom. The van der Waals surface area contributed by atoms with Crippen LogP contribution in [0.25, 0.3) is 32.3 Å². The molecule has 0 saturated carbocycles. The number of rotatable bonds is 0. The molecule has 0 aliphatic rings. The summed E-state index contributed by atoms with van der Waals surface area (Å²) in [6, 6.07) is 20.6. The molecule has 0 spiro atoms. The van der Waals surface area contributed by atoms with Crippen molar-refractivity contribution < 1.29 is 0 Å². The first-order valence-corrected chi connectivity index (χ1v) is 6.64. The van der Waals surface area contributed by atoms with E-state index in [1.165, 1.54) is 21.5 Å². The molecular weight excluding hydrogens is 244 g/mol. The largest absolute Gasteiger partial charge is 0.399 e. The molecule has 0 saturated heterocycles. The van der Waals surface area contributed by atoms with Crippen molar-refractivity contribution in [1.82, 2.24) is 0 Å². The molecule has 0 heterocycles. The third-order valence-corrected chi connectivity index (χ3v) is 3.89. The van der Waals surface area contributed by atoms with Crippen LogP contribution in [0.2, 0.25) is 0 Å². The molecule has 0 aliphatic heterocycles. The van der Waals surface area contributed by atoms with Gasteiger partial charge in [-0.1, -0.05) is 48.5 Å². The van der Waals surface area contributed by atoms with Gasteiger partial charge in [0.2, 0.25) is 0 Å². The minimum Gasteiger partial charge on any atom is -0.399 e. The Bertz CT molecular complexity index is 971. The number of benzene rings is 4. The van der Waals surface area contributed by atoms with Crippen molar-refractivity contribution in [2.45, 2.75) is 0 Å². The Labute approximate surface area is 116 Å². The number of nitrogens with two attached hydrogens (primary N) is 2. The Kier molecular flexibility index (Phi) is 2.15. The maximum Gasteiger partial charge on any atom is 0.0420 e. The van der Waals surface area contributed by atoms with Crippen LogP contribution in [0.1, 0.15) is 0 Å². The van der Waals surface area contributed by atoms with Gasteiger partial charge < -0.3 is 11.5 Å². The first kappa shape index (κ1) is 11.1. The predicted molar refractivity (Wildman–Crippen MR) is 87.8 cm³/mol. The lowest BCUT2D eigenvalue weighted by Crippen LogP contribution is -1.93. The first-order valence-electron chi connectivity index (χ1n) is 6.64. The van der Waals surface area contributed by atoms with Crippen LogP contribution in [0.4, 0.5) is 11.4 Å². The second-order valence-electron chi connectivity index (χ2n) is 5.12. The van der Waals surface area contributed by atoms with Crippen LogP contribution in [0.15, 0.2) is 60.7 Å². The molecule has 4 N–H and O–H groups in total. The van der Waals surface area contributed by atoms with Gasteiger partial charge >= 0.3 is 0 Å². The molecule has 0 amide bonds. The van der Waals surface area contributed by atoms with Gasteiger partial charge in [-0.2, -0.15) is 0 Å². The maximum absolute atomic E-state index is 6.23. The van der Waals surface area contributed by atoms with Crippen molar-refractivity contribution in [3.05, 3.63) is 60.7 Å². The van der Waals surface area contributed by atoms with Crippen molar-refractivity contribution in [1.29, 1.82) is 0 Å². The molecule has 0 unspecified atom stereocenters. The number of hydrogen-bond acceptors (Lipinski definition) is 2. The molecule has 0 aromatic heterocycles. The lowest BCUT2D eigenvalue weighted by Gasteiger charge is -2.12. The molecule has 96 valence electrons. The zero-order valence-corrected chi connectivity index (χ0v) is 10.9. The molecule has 0 atom stereocenters. The molecule has 0 fully saturated rings. The van der Waals surface area contributed by atoms with Gasteiger partial charge in [-0.05, 0) is 39.1 Å². The molecule has 4 aromatic carbocycles. The Morgan fingerprint density at radius 3 is 1.70 bits per heavy atom. The summed E-state index contributed by atoms with van der Waals surface area (Å²) < 4.78 is 0. The standard InChI is InChI=1S/C18H14N2/c19-11-9-16-14-7-2-1-5-12(14)13-6-3-4-8-15(13)18(16)17(20)10-11/h1-10H,19-20H2. The molecular formula is C18H14N2. The van der Waals surface area contributed by atoms with Gasteiger partial charge in [-0.3, -0.25) is 0 Å². The fourth-order valence-corrected chi connectivity index (χ4v) is 3.09. The van der Waals surface area contributed by atoms with Crippen molar-refractivity contribution in [3.8, 4) is 0 Å². The van der Waals surface area contributed by atoms with Gasteiger partial charge in [-0.25, -0.2) is 0 Å². The highest BCUT2D eigenvalue weighted by Crippen LogP contribution is 2.38. The first-order chi connectivity index (χ1) is 9.75. The molecule has 0 radical (unpaired) electrons. The minimum atomic E-state index is 0.704. The number of fused-ring (bicyclic) bond motifs is 6. The Balaban J connectivity index is 2.46. The fourth-order valence-electron chi connectivity index (χ4n) is 3.09. The summed E-state index contributed by atoms with van der Waals surface area (Å²) in [5, 5.41) is 7.05. The SMILES string of the molecule is Nc1cc(N)c2c3ccccc3c3ccccc3c2c1. The zero-order valence-electron chi connectivity index (χ0n) is 10.9. The lowest BCUT2D eigenvalue weighted by atomic mass is 9.93. The van der Waals surface area contributed by atoms with Gasteiger partial charge in [-0.15, -0.1) is 0 Å². The molecule has 0 bridgehead atoms. The Morgan fingerprint density at radius 1 is 0.550 bits per heavy atom. The smallest absolute Gasteiger partial charge is 0.0420 e. The molecule has 4 aromatic rings. The van der Waals surface area contributed by atoms with E-state index in [-0.39, 0.29) is 0 Å². The zero-order chi connectivity index (χ0) is 13.7. The van der Waals surface area contributed by atoms with Crippen molar-refractivity contribution in [3.63, 3.8) is 0 Å². The summed E-state index contributed by atoms with van der Waals surface area (Å²) in [5.41, 5.74) is 13.7. The van der Waals surface area contributed by atoms with Gasteiger partial charge in [0.15, 0.2) is 0 Å². The van der Waals surface area contributed by atoms with Crippen LogP contribution in [-0.2, 0) is 0 Å². The van der Waals surface area contributed by atoms with E-state index in [9.17, 15) is 0 Å². The topological polar surface area (TPSA) is 52.0 Å². The van der Waals surface area contributed by atoms with Crippen LogP contribution < -0.4 is 11.5 Å². The summed E-state index contributed by atoms with van der Waals surface area (Å²) in [6.45, 7) is 0. The second-order valence-corrected chi connectivity index (χ2v) is 5.12. The third kappa shape index (κ3) is 1.39. The lowest BCUT2D eigenvalue weighted by molar-refractivity contribution is 1.73. The fraction of sp³-hybridized carbons (Fsp3) is 0. The average Bonchev–Trinajstić information content (AvgIpc) is 2.47. The monoisotopic (exact) mass is 258 g/mol. The summed E-state index contributed by atoms with van der Waals surface area (Å²) in [4.78, 5) is 0. The van der Waals surface area contributed by atoms with E-state index in [0.29, 0.717) is 5.69 Å². The van der Waals surface area contributed by atoms with Crippen molar-refractivity contribution in [2.75, 3.05) is 11.5 Å². The van der Waals surface area contributed by atoms with Gasteiger partial charge in [0.1, 0.15) is 0 Å². The quantitative estimate of drug-likeness (QED) is 0.365. The highest BCUT2D eigenvalue weighted by molar-refractivity contribution is 6.28. The van der Waals surface area contributed by atoms with Crippen molar-refractivity contribution >= 4 is 43.7 Å². The normalized spacial score (nSPS) is 11.4. The van der Waals surface area contributed by atoms with Crippen LogP contribution in [0, 0.1) is 0 Å². The van der Waals surface area contributed by atoms with E-state index >= 15 is 0 Å². The van der Waals surface area contributed by atoms with Gasteiger partial charge in [0.05, 0.1) is 0 Å². The molecule has 20 heavy (non-hydrogen) atoms. The van der Waals surface area contributed by atoms with Crippen LogP contribution >= 0.6 is 0 Å². The van der Waals surface area contributed by atoms with Gasteiger partial charge in [0.25, 0.3) is 0 Å². The number of nitrogen functional groups attached to an aromatic ring is 2. The second kappa shape index (κ2) is 3.87. The van der Waals surface area contributed by atoms with E-state index in [2.05, 4.69) is 42.5 Å². The third-order valence-electron chi connectivity index (χ3n) is 3.89. The molecule has 2 heteroatoms. The molecule has 4 rings (SSSR count). The van der Waals surface area contributed by atoms with Crippen molar-refractivity contribution in [2.24, 2.45) is 0 Å². The highest BCUT2D eigenvalue weighted by Gasteiger charge is 2.10. The van der Waals surface area contributed by atoms with E-state index in [0.717, 1.165) is 16.5 Å². The molecule has 0 aliphatic carbocycles. The minimum absolute atomic E-state index is 0.704. The van der Waals surface area contributed by atoms with Crippen LogP contribution in [0.5, 0.6) is 0 Å². The van der Waals surface area contributed by atoms with Crippen LogP contribution in [-0.4, -0.2) is 0 Å². The number of anilines is 2. The summed E-state index contributed by atoms with van der Waals surface area (Å²) in [6.07, 6.45) is 0. The highest BCUT2D eigenvalue weighted by atomic mass is 14.6. The summed E-state index contributed by atoms with van der Waals surface area (Å²) in [7, 11) is 0. The molecule has 2 nitrogen and oxygen atoms in total.